The van der Waals surface area contributed by atoms with Gasteiger partial charge in [0.15, 0.2) is 17.5 Å². The van der Waals surface area contributed by atoms with Crippen molar-refractivity contribution in [2.24, 2.45) is 0 Å². The average Bonchev–Trinajstić information content (AvgIpc) is 2.70. The Balaban J connectivity index is 1.88. The summed E-state index contributed by atoms with van der Waals surface area (Å²) in [6, 6.07) is 8.86. The smallest absolute Gasteiger partial charge is 0.411 e. The van der Waals surface area contributed by atoms with Crippen molar-refractivity contribution in [1.82, 2.24) is 4.90 Å². The second-order valence-electron chi connectivity index (χ2n) is 6.61. The van der Waals surface area contributed by atoms with Crippen molar-refractivity contribution >= 4 is 6.09 Å². The first kappa shape index (κ1) is 20.2. The van der Waals surface area contributed by atoms with E-state index in [0.717, 1.165) is 17.7 Å². The number of carbonyl (C=O) groups is 1. The summed E-state index contributed by atoms with van der Waals surface area (Å²) in [5.41, 5.74) is 0.770. The fourth-order valence-electron chi connectivity index (χ4n) is 3.14. The highest BCUT2D eigenvalue weighted by molar-refractivity contribution is 5.69. The third-order valence-electron chi connectivity index (χ3n) is 4.62. The Morgan fingerprint density at radius 1 is 1.21 bits per heavy atom. The third-order valence-corrected chi connectivity index (χ3v) is 4.62. The van der Waals surface area contributed by atoms with Crippen molar-refractivity contribution in [3.05, 3.63) is 71.0 Å². The molecule has 28 heavy (non-hydrogen) atoms. The van der Waals surface area contributed by atoms with E-state index in [1.165, 1.54) is 11.8 Å². The number of hydrogen-bond acceptors (Lipinski definition) is 4. The number of aliphatic hydroxyl groups excluding tert-OH is 1. The van der Waals surface area contributed by atoms with Crippen molar-refractivity contribution < 1.29 is 32.5 Å². The summed E-state index contributed by atoms with van der Waals surface area (Å²) >= 11 is 0. The van der Waals surface area contributed by atoms with Crippen LogP contribution in [0, 0.1) is 17.5 Å². The Morgan fingerprint density at radius 2 is 1.86 bits per heavy atom. The van der Waals surface area contributed by atoms with Gasteiger partial charge in [0.25, 0.3) is 0 Å². The molecule has 3 unspecified atom stereocenters. The summed E-state index contributed by atoms with van der Waals surface area (Å²) in [6.45, 7) is 1.41. The number of nitrogens with zero attached hydrogens (tertiary/aromatic N) is 1. The van der Waals surface area contributed by atoms with Gasteiger partial charge in [-0.2, -0.15) is 0 Å². The zero-order valence-electron chi connectivity index (χ0n) is 15.1. The van der Waals surface area contributed by atoms with Crippen LogP contribution in [0.1, 0.15) is 24.1 Å². The quantitative estimate of drug-likeness (QED) is 0.805. The largest absolute Gasteiger partial charge is 0.445 e. The molecule has 150 valence electrons. The standard InChI is InChI=1S/C20H20F3NO4/c1-12(25)17-10-27-11-18(14-7-15(21)19(23)16(22)8-14)24(17)20(26)28-9-13-5-3-2-4-6-13/h2-8,12,17-18,25H,9-11H2,1H3. The van der Waals surface area contributed by atoms with Gasteiger partial charge in [-0.1, -0.05) is 30.3 Å². The Kier molecular flexibility index (Phi) is 6.21. The highest BCUT2D eigenvalue weighted by atomic mass is 19.2. The minimum atomic E-state index is -1.59. The number of rotatable bonds is 4. The molecule has 1 aliphatic heterocycles. The molecule has 0 spiro atoms. The minimum absolute atomic E-state index is 0.0115. The van der Waals surface area contributed by atoms with Gasteiger partial charge < -0.3 is 14.6 Å². The van der Waals surface area contributed by atoms with Crippen LogP contribution >= 0.6 is 0 Å². The SMILES string of the molecule is CC(O)C1COCC(c2cc(F)c(F)c(F)c2)N1C(=O)OCc1ccccc1. The van der Waals surface area contributed by atoms with Crippen LogP contribution < -0.4 is 0 Å². The molecule has 1 saturated heterocycles. The molecular weight excluding hydrogens is 375 g/mol. The molecule has 1 N–H and O–H groups in total. The van der Waals surface area contributed by atoms with E-state index in [4.69, 9.17) is 9.47 Å². The minimum Gasteiger partial charge on any atom is -0.445 e. The lowest BCUT2D eigenvalue weighted by Crippen LogP contribution is -2.55. The number of carbonyl (C=O) groups excluding carboxylic acids is 1. The van der Waals surface area contributed by atoms with Gasteiger partial charge in [0, 0.05) is 0 Å². The molecule has 1 fully saturated rings. The number of benzene rings is 2. The third kappa shape index (κ3) is 4.28. The van der Waals surface area contributed by atoms with Gasteiger partial charge in [-0.15, -0.1) is 0 Å². The van der Waals surface area contributed by atoms with Crippen molar-refractivity contribution in [1.29, 1.82) is 0 Å². The summed E-state index contributed by atoms with van der Waals surface area (Å²) in [7, 11) is 0. The first-order chi connectivity index (χ1) is 13.4. The summed E-state index contributed by atoms with van der Waals surface area (Å²) < 4.78 is 51.5. The molecule has 2 aromatic carbocycles. The van der Waals surface area contributed by atoms with Crippen molar-refractivity contribution in [3.63, 3.8) is 0 Å². The highest BCUT2D eigenvalue weighted by Crippen LogP contribution is 2.31. The molecule has 0 aliphatic carbocycles. The molecule has 1 amide bonds. The second-order valence-corrected chi connectivity index (χ2v) is 6.61. The molecule has 1 aliphatic rings. The van der Waals surface area contributed by atoms with Gasteiger partial charge in [0.1, 0.15) is 6.61 Å². The molecule has 5 nitrogen and oxygen atoms in total. The fourth-order valence-corrected chi connectivity index (χ4v) is 3.14. The summed E-state index contributed by atoms with van der Waals surface area (Å²) in [5, 5.41) is 10.1. The Morgan fingerprint density at radius 3 is 2.46 bits per heavy atom. The van der Waals surface area contributed by atoms with Gasteiger partial charge in [0.2, 0.25) is 0 Å². The van der Waals surface area contributed by atoms with E-state index in [1.54, 1.807) is 24.3 Å². The lowest BCUT2D eigenvalue weighted by Gasteiger charge is -2.42. The Bertz CT molecular complexity index is 808. The molecular formula is C20H20F3NO4. The maximum atomic E-state index is 13.7. The van der Waals surface area contributed by atoms with E-state index in [9.17, 15) is 23.1 Å². The molecule has 0 radical (unpaired) electrons. The Hall–Kier alpha value is -2.58. The van der Waals surface area contributed by atoms with Gasteiger partial charge in [0.05, 0.1) is 31.4 Å². The number of aliphatic hydroxyl groups is 1. The lowest BCUT2D eigenvalue weighted by molar-refractivity contribution is -0.0805. The summed E-state index contributed by atoms with van der Waals surface area (Å²) in [4.78, 5) is 14.0. The van der Waals surface area contributed by atoms with Gasteiger partial charge in [-0.3, -0.25) is 4.90 Å². The fraction of sp³-hybridized carbons (Fsp3) is 0.350. The number of amides is 1. The monoisotopic (exact) mass is 395 g/mol. The second kappa shape index (κ2) is 8.62. The molecule has 0 aromatic heterocycles. The molecule has 8 heteroatoms. The number of hydrogen-bond donors (Lipinski definition) is 1. The summed E-state index contributed by atoms with van der Waals surface area (Å²) in [5.74, 6) is -4.33. The van der Waals surface area contributed by atoms with Crippen LogP contribution in [0.2, 0.25) is 0 Å². The van der Waals surface area contributed by atoms with Crippen molar-refractivity contribution in [2.45, 2.75) is 31.7 Å². The average molecular weight is 395 g/mol. The first-order valence-electron chi connectivity index (χ1n) is 8.77. The van der Waals surface area contributed by atoms with Gasteiger partial charge >= 0.3 is 6.09 Å². The predicted octanol–water partition coefficient (Wildman–Crippen LogP) is 3.56. The summed E-state index contributed by atoms with van der Waals surface area (Å²) in [6.07, 6.45) is -1.75. The lowest BCUT2D eigenvalue weighted by atomic mass is 10.00. The van der Waals surface area contributed by atoms with Crippen molar-refractivity contribution in [2.75, 3.05) is 13.2 Å². The zero-order valence-corrected chi connectivity index (χ0v) is 15.1. The van der Waals surface area contributed by atoms with E-state index < -0.39 is 41.7 Å². The molecule has 0 saturated carbocycles. The molecule has 3 atom stereocenters. The number of ether oxygens (including phenoxy) is 2. The topological polar surface area (TPSA) is 59.0 Å². The zero-order chi connectivity index (χ0) is 20.3. The predicted molar refractivity (Wildman–Crippen MR) is 93.8 cm³/mol. The van der Waals surface area contributed by atoms with E-state index >= 15 is 0 Å². The van der Waals surface area contributed by atoms with Crippen LogP contribution in [0.25, 0.3) is 0 Å². The van der Waals surface area contributed by atoms with Crippen LogP contribution in [-0.4, -0.2) is 41.5 Å². The van der Waals surface area contributed by atoms with Gasteiger partial charge in [-0.25, -0.2) is 18.0 Å². The van der Waals surface area contributed by atoms with Crippen LogP contribution in [0.15, 0.2) is 42.5 Å². The van der Waals surface area contributed by atoms with E-state index in [2.05, 4.69) is 0 Å². The van der Waals surface area contributed by atoms with Crippen LogP contribution in [0.5, 0.6) is 0 Å². The molecule has 2 aromatic rings. The highest BCUT2D eigenvalue weighted by Gasteiger charge is 2.39. The maximum Gasteiger partial charge on any atom is 0.411 e. The normalized spacial score (nSPS) is 20.7. The van der Waals surface area contributed by atoms with E-state index in [1.807, 2.05) is 6.07 Å². The molecule has 3 rings (SSSR count). The van der Waals surface area contributed by atoms with Crippen LogP contribution in [-0.2, 0) is 16.1 Å². The maximum absolute atomic E-state index is 13.7. The molecule has 1 heterocycles. The van der Waals surface area contributed by atoms with Crippen LogP contribution in [0.4, 0.5) is 18.0 Å². The number of morpholine rings is 1. The van der Waals surface area contributed by atoms with E-state index in [0.29, 0.717) is 0 Å². The number of halogens is 3. The first-order valence-corrected chi connectivity index (χ1v) is 8.77. The van der Waals surface area contributed by atoms with E-state index in [-0.39, 0.29) is 25.4 Å². The van der Waals surface area contributed by atoms with Gasteiger partial charge in [-0.05, 0) is 30.2 Å². The van der Waals surface area contributed by atoms with Crippen LogP contribution in [0.3, 0.4) is 0 Å². The van der Waals surface area contributed by atoms with Crippen molar-refractivity contribution in [3.8, 4) is 0 Å². The molecule has 0 bridgehead atoms. The Labute approximate surface area is 160 Å².